The van der Waals surface area contributed by atoms with Crippen molar-refractivity contribution in [1.29, 1.82) is 0 Å². The maximum absolute atomic E-state index is 12.3. The molecule has 27 heavy (non-hydrogen) atoms. The van der Waals surface area contributed by atoms with Crippen LogP contribution in [0.25, 0.3) is 0 Å². The van der Waals surface area contributed by atoms with E-state index in [0.29, 0.717) is 41.9 Å². The third-order valence-corrected chi connectivity index (χ3v) is 9.26. The largest absolute Gasteiger partial charge is 0.381 e. The highest BCUT2D eigenvalue weighted by Crippen LogP contribution is 2.65. The van der Waals surface area contributed by atoms with Crippen LogP contribution in [0.4, 0.5) is 0 Å². The van der Waals surface area contributed by atoms with Crippen LogP contribution < -0.4 is 0 Å². The normalized spacial score (nSPS) is 49.5. The van der Waals surface area contributed by atoms with Crippen LogP contribution >= 0.6 is 0 Å². The number of likely N-dealkylation sites (tertiary alicyclic amines) is 1. The van der Waals surface area contributed by atoms with Crippen molar-refractivity contribution in [2.45, 2.75) is 90.4 Å². The van der Waals surface area contributed by atoms with Gasteiger partial charge in [-0.3, -0.25) is 4.79 Å². The highest BCUT2D eigenvalue weighted by Gasteiger charge is 2.64. The molecule has 1 heterocycles. The van der Waals surface area contributed by atoms with Crippen molar-refractivity contribution in [3.8, 4) is 0 Å². The summed E-state index contributed by atoms with van der Waals surface area (Å²) in [5.74, 6) is 2.38. The first-order valence-electron chi connectivity index (χ1n) is 11.3. The Morgan fingerprint density at radius 2 is 1.93 bits per heavy atom. The molecular weight excluding hydrogens is 338 g/mol. The van der Waals surface area contributed by atoms with Crippen molar-refractivity contribution in [3.63, 3.8) is 0 Å². The number of rotatable bonds is 4. The van der Waals surface area contributed by atoms with Crippen LogP contribution in [0.15, 0.2) is 0 Å². The number of hydrogen-bond donors (Lipinski definition) is 0. The molecule has 0 spiro atoms. The minimum atomic E-state index is 0.247. The molecule has 8 atom stereocenters. The standard InChI is InChI=1S/C23H39NO3/c1-6-13-27-19-14-17(26-5)21-15-7-8-18-22(2,12-10-20(25)24(18)4)16(15)9-11-23(19,21)3/h15-19,21H,6-14H2,1-5H3/t15-,16-,17?,18?,19?,21-,22-,23-/m1/s1. The monoisotopic (exact) mass is 377 g/mol. The molecule has 154 valence electrons. The van der Waals surface area contributed by atoms with Crippen molar-refractivity contribution >= 4 is 5.91 Å². The summed E-state index contributed by atoms with van der Waals surface area (Å²) in [6, 6.07) is 0.430. The molecule has 4 aliphatic rings. The smallest absolute Gasteiger partial charge is 0.222 e. The Balaban J connectivity index is 1.63. The maximum atomic E-state index is 12.3. The third kappa shape index (κ3) is 2.80. The van der Waals surface area contributed by atoms with E-state index in [4.69, 9.17) is 9.47 Å². The molecule has 3 unspecified atom stereocenters. The number of piperidine rings is 1. The summed E-state index contributed by atoms with van der Waals surface area (Å²) >= 11 is 0. The highest BCUT2D eigenvalue weighted by molar-refractivity contribution is 5.77. The van der Waals surface area contributed by atoms with Gasteiger partial charge < -0.3 is 14.4 Å². The van der Waals surface area contributed by atoms with Gasteiger partial charge in [0, 0.05) is 39.6 Å². The number of nitrogens with zero attached hydrogens (tertiary/aromatic N) is 1. The van der Waals surface area contributed by atoms with E-state index in [1.807, 2.05) is 14.2 Å². The Labute approximate surface area is 165 Å². The van der Waals surface area contributed by atoms with Gasteiger partial charge in [0.25, 0.3) is 0 Å². The second-order valence-corrected chi connectivity index (χ2v) is 10.3. The Hall–Kier alpha value is -0.610. The molecule has 0 N–H and O–H groups in total. The van der Waals surface area contributed by atoms with Crippen LogP contribution in [0.3, 0.4) is 0 Å². The molecule has 3 aliphatic carbocycles. The summed E-state index contributed by atoms with van der Waals surface area (Å²) in [5.41, 5.74) is 0.518. The van der Waals surface area contributed by atoms with Gasteiger partial charge in [0.1, 0.15) is 0 Å². The molecule has 1 saturated heterocycles. The molecule has 4 nitrogen and oxygen atoms in total. The first-order chi connectivity index (χ1) is 12.9. The van der Waals surface area contributed by atoms with E-state index in [1.54, 1.807) is 0 Å². The maximum Gasteiger partial charge on any atom is 0.222 e. The molecule has 0 radical (unpaired) electrons. The highest BCUT2D eigenvalue weighted by atomic mass is 16.5. The fourth-order valence-electron chi connectivity index (χ4n) is 7.89. The van der Waals surface area contributed by atoms with E-state index in [2.05, 4.69) is 25.7 Å². The van der Waals surface area contributed by atoms with Crippen molar-refractivity contribution in [3.05, 3.63) is 0 Å². The average Bonchev–Trinajstić information content (AvgIpc) is 2.95. The molecule has 4 fully saturated rings. The van der Waals surface area contributed by atoms with E-state index in [0.717, 1.165) is 38.7 Å². The number of ether oxygens (including phenoxy) is 2. The van der Waals surface area contributed by atoms with Gasteiger partial charge in [-0.1, -0.05) is 20.8 Å². The van der Waals surface area contributed by atoms with Gasteiger partial charge in [0.2, 0.25) is 5.91 Å². The van der Waals surface area contributed by atoms with E-state index >= 15 is 0 Å². The molecular formula is C23H39NO3. The lowest BCUT2D eigenvalue weighted by Crippen LogP contribution is -2.62. The number of hydrogen-bond acceptors (Lipinski definition) is 3. The summed E-state index contributed by atoms with van der Waals surface area (Å²) < 4.78 is 12.4. The zero-order valence-electron chi connectivity index (χ0n) is 18.0. The van der Waals surface area contributed by atoms with Gasteiger partial charge in [-0.2, -0.15) is 0 Å². The van der Waals surface area contributed by atoms with Gasteiger partial charge in [-0.05, 0) is 67.1 Å². The van der Waals surface area contributed by atoms with Gasteiger partial charge >= 0.3 is 0 Å². The number of carbonyl (C=O) groups is 1. The first-order valence-corrected chi connectivity index (χ1v) is 11.3. The van der Waals surface area contributed by atoms with E-state index in [9.17, 15) is 4.79 Å². The summed E-state index contributed by atoms with van der Waals surface area (Å²) in [6.45, 7) is 8.03. The first kappa shape index (κ1) is 19.7. The second-order valence-electron chi connectivity index (χ2n) is 10.3. The number of methoxy groups -OCH3 is 1. The molecule has 1 amide bonds. The second kappa shape index (κ2) is 7.02. The molecule has 0 aromatic heterocycles. The van der Waals surface area contributed by atoms with Crippen LogP contribution in [-0.2, 0) is 14.3 Å². The van der Waals surface area contributed by atoms with E-state index in [-0.39, 0.29) is 10.8 Å². The molecule has 0 bridgehead atoms. The van der Waals surface area contributed by atoms with Crippen molar-refractivity contribution in [1.82, 2.24) is 4.90 Å². The van der Waals surface area contributed by atoms with Crippen LogP contribution in [-0.4, -0.2) is 49.8 Å². The van der Waals surface area contributed by atoms with Crippen LogP contribution in [0.1, 0.15) is 72.1 Å². The Kier molecular flexibility index (Phi) is 5.12. The molecule has 0 aromatic carbocycles. The minimum Gasteiger partial charge on any atom is -0.381 e. The van der Waals surface area contributed by atoms with Crippen molar-refractivity contribution in [2.24, 2.45) is 28.6 Å². The average molecular weight is 378 g/mol. The predicted octanol–water partition coefficient (Wildman–Crippen LogP) is 4.27. The summed E-state index contributed by atoms with van der Waals surface area (Å²) in [4.78, 5) is 14.4. The molecule has 1 aliphatic heterocycles. The van der Waals surface area contributed by atoms with Gasteiger partial charge in [0.05, 0.1) is 12.2 Å². The number of fused-ring (bicyclic) bond motifs is 5. The minimum absolute atomic E-state index is 0.247. The predicted molar refractivity (Wildman–Crippen MR) is 106 cm³/mol. The summed E-state index contributed by atoms with van der Waals surface area (Å²) in [5, 5.41) is 0. The number of amides is 1. The quantitative estimate of drug-likeness (QED) is 0.734. The lowest BCUT2D eigenvalue weighted by atomic mass is 9.47. The van der Waals surface area contributed by atoms with Crippen LogP contribution in [0.5, 0.6) is 0 Å². The Morgan fingerprint density at radius 3 is 2.63 bits per heavy atom. The molecule has 0 aromatic rings. The molecule has 4 rings (SSSR count). The fraction of sp³-hybridized carbons (Fsp3) is 0.957. The van der Waals surface area contributed by atoms with Gasteiger partial charge in [0.15, 0.2) is 0 Å². The fourth-order valence-corrected chi connectivity index (χ4v) is 7.89. The molecule has 4 heteroatoms. The zero-order valence-corrected chi connectivity index (χ0v) is 18.0. The molecule has 3 saturated carbocycles. The van der Waals surface area contributed by atoms with Gasteiger partial charge in [-0.15, -0.1) is 0 Å². The topological polar surface area (TPSA) is 38.8 Å². The SMILES string of the molecule is CCCOC1CC(OC)[C@H]2[C@@H]3CCC4N(C)C(=O)CC[C@]4(C)[C@@H]3CC[C@]12C. The van der Waals surface area contributed by atoms with Gasteiger partial charge in [-0.25, -0.2) is 0 Å². The van der Waals surface area contributed by atoms with Crippen molar-refractivity contribution in [2.75, 3.05) is 20.8 Å². The number of carbonyl (C=O) groups excluding carboxylic acids is 1. The van der Waals surface area contributed by atoms with Crippen molar-refractivity contribution < 1.29 is 14.3 Å². The summed E-state index contributed by atoms with van der Waals surface area (Å²) in [7, 11) is 3.94. The zero-order chi connectivity index (χ0) is 19.4. The Bertz CT molecular complexity index is 580. The van der Waals surface area contributed by atoms with Crippen LogP contribution in [0, 0.1) is 28.6 Å². The lowest BCUT2D eigenvalue weighted by Gasteiger charge is -2.62. The third-order valence-electron chi connectivity index (χ3n) is 9.26. The summed E-state index contributed by atoms with van der Waals surface area (Å²) in [6.07, 6.45) is 9.53. The van der Waals surface area contributed by atoms with E-state index in [1.165, 1.54) is 19.3 Å². The Morgan fingerprint density at radius 1 is 1.15 bits per heavy atom. The lowest BCUT2D eigenvalue weighted by molar-refractivity contribution is -0.167. The van der Waals surface area contributed by atoms with E-state index < -0.39 is 0 Å². The van der Waals surface area contributed by atoms with Crippen LogP contribution in [0.2, 0.25) is 0 Å².